The van der Waals surface area contributed by atoms with Gasteiger partial charge in [0, 0.05) is 16.9 Å². The standard InChI is InChI=1S/C28H27N2O2P/c1-18-16-21(17-19(2)27(18)30)28(3,20-12-14-22(29)15-13-20)33(31)26-11-7-5-9-24(26)23-8-4-6-10-25(23)32-33/h4-17H,29-30H2,1-3H3. The maximum atomic E-state index is 15.3. The van der Waals surface area contributed by atoms with Crippen molar-refractivity contribution in [3.05, 3.63) is 107 Å². The molecule has 4 aromatic carbocycles. The summed E-state index contributed by atoms with van der Waals surface area (Å²) in [6.45, 7) is 5.97. The maximum Gasteiger partial charge on any atom is 0.292 e. The van der Waals surface area contributed by atoms with Crippen LogP contribution in [0.2, 0.25) is 0 Å². The van der Waals surface area contributed by atoms with Crippen molar-refractivity contribution in [3.8, 4) is 16.9 Å². The summed E-state index contributed by atoms with van der Waals surface area (Å²) in [6.07, 6.45) is 0. The fraction of sp³-hybridized carbons (Fsp3) is 0.143. The average Bonchev–Trinajstić information content (AvgIpc) is 2.82. The third-order valence-electron chi connectivity index (χ3n) is 6.84. The predicted octanol–water partition coefficient (Wildman–Crippen LogP) is 6.39. The minimum absolute atomic E-state index is 0.630. The Bertz CT molecular complexity index is 1410. The molecule has 0 saturated heterocycles. The summed E-state index contributed by atoms with van der Waals surface area (Å²) in [4.78, 5) is 0. The summed E-state index contributed by atoms with van der Waals surface area (Å²) in [5, 5.41) is -0.261. The first-order valence-corrected chi connectivity index (χ1v) is 12.6. The zero-order valence-corrected chi connectivity index (χ0v) is 19.9. The number of anilines is 2. The Morgan fingerprint density at radius 3 is 2.00 bits per heavy atom. The van der Waals surface area contributed by atoms with Gasteiger partial charge in [-0.2, -0.15) is 0 Å². The first kappa shape index (κ1) is 21.4. The van der Waals surface area contributed by atoms with E-state index in [1.807, 2.05) is 106 Å². The number of fused-ring (bicyclic) bond motifs is 3. The van der Waals surface area contributed by atoms with Crippen LogP contribution < -0.4 is 21.3 Å². The maximum absolute atomic E-state index is 15.3. The SMILES string of the molecule is Cc1cc(C(C)(c2ccc(N)cc2)P2(=O)Oc3ccccc3-c3ccccc32)cc(C)c1N. The molecule has 1 aliphatic heterocycles. The summed E-state index contributed by atoms with van der Waals surface area (Å²) >= 11 is 0. The molecule has 0 radical (unpaired) electrons. The highest BCUT2D eigenvalue weighted by molar-refractivity contribution is 7.69. The Kier molecular flexibility index (Phi) is 4.88. The van der Waals surface area contributed by atoms with E-state index in [1.54, 1.807) is 0 Å². The van der Waals surface area contributed by atoms with E-state index in [0.29, 0.717) is 11.4 Å². The smallest absolute Gasteiger partial charge is 0.292 e. The third kappa shape index (κ3) is 3.09. The molecule has 4 aromatic rings. The van der Waals surface area contributed by atoms with Gasteiger partial charge in [0.25, 0.3) is 7.37 Å². The van der Waals surface area contributed by atoms with Gasteiger partial charge in [-0.05, 0) is 72.9 Å². The fourth-order valence-electron chi connectivity index (χ4n) is 4.82. The van der Waals surface area contributed by atoms with Gasteiger partial charge in [0.05, 0.1) is 5.30 Å². The first-order valence-electron chi connectivity index (χ1n) is 11.0. The van der Waals surface area contributed by atoms with Gasteiger partial charge in [-0.25, -0.2) is 0 Å². The molecule has 2 atom stereocenters. The lowest BCUT2D eigenvalue weighted by Crippen LogP contribution is -2.34. The van der Waals surface area contributed by atoms with E-state index < -0.39 is 12.5 Å². The van der Waals surface area contributed by atoms with Gasteiger partial charge < -0.3 is 16.0 Å². The zero-order valence-electron chi connectivity index (χ0n) is 19.0. The largest absolute Gasteiger partial charge is 0.438 e. The van der Waals surface area contributed by atoms with Gasteiger partial charge in [0.15, 0.2) is 0 Å². The molecule has 0 amide bonds. The highest BCUT2D eigenvalue weighted by atomic mass is 31.2. The Morgan fingerprint density at radius 1 is 0.758 bits per heavy atom. The van der Waals surface area contributed by atoms with Crippen molar-refractivity contribution in [1.82, 2.24) is 0 Å². The lowest BCUT2D eigenvalue weighted by molar-refractivity contribution is 0.463. The minimum atomic E-state index is -3.55. The van der Waals surface area contributed by atoms with Gasteiger partial charge in [0.2, 0.25) is 0 Å². The van der Waals surface area contributed by atoms with Crippen molar-refractivity contribution >= 4 is 24.0 Å². The van der Waals surface area contributed by atoms with E-state index >= 15 is 4.57 Å². The highest BCUT2D eigenvalue weighted by Gasteiger charge is 2.53. The van der Waals surface area contributed by atoms with Crippen LogP contribution in [-0.2, 0) is 9.72 Å². The molecule has 5 rings (SSSR count). The normalized spacial score (nSPS) is 18.5. The number of rotatable bonds is 3. The molecule has 0 fully saturated rings. The molecule has 1 aliphatic rings. The molecular weight excluding hydrogens is 427 g/mol. The molecule has 0 saturated carbocycles. The molecule has 2 unspecified atom stereocenters. The average molecular weight is 455 g/mol. The first-order chi connectivity index (χ1) is 15.8. The minimum Gasteiger partial charge on any atom is -0.438 e. The lowest BCUT2D eigenvalue weighted by Gasteiger charge is -2.42. The highest BCUT2D eigenvalue weighted by Crippen LogP contribution is 2.69. The second-order valence-electron chi connectivity index (χ2n) is 8.87. The van der Waals surface area contributed by atoms with Crippen molar-refractivity contribution in [1.29, 1.82) is 0 Å². The van der Waals surface area contributed by atoms with Gasteiger partial charge >= 0.3 is 0 Å². The molecule has 0 bridgehead atoms. The monoisotopic (exact) mass is 454 g/mol. The fourth-order valence-corrected chi connectivity index (χ4v) is 7.77. The number of benzene rings is 4. The van der Waals surface area contributed by atoms with Crippen LogP contribution in [-0.4, -0.2) is 0 Å². The topological polar surface area (TPSA) is 78.3 Å². The van der Waals surface area contributed by atoms with E-state index in [-0.39, 0.29) is 0 Å². The Hall–Kier alpha value is -3.49. The van der Waals surface area contributed by atoms with Crippen LogP contribution in [0.5, 0.6) is 5.75 Å². The van der Waals surface area contributed by atoms with E-state index in [2.05, 4.69) is 0 Å². The molecule has 166 valence electrons. The van der Waals surface area contributed by atoms with Crippen molar-refractivity contribution in [3.63, 3.8) is 0 Å². The Balaban J connectivity index is 1.87. The van der Waals surface area contributed by atoms with Crippen LogP contribution in [0.15, 0.2) is 84.9 Å². The van der Waals surface area contributed by atoms with Crippen LogP contribution in [0.3, 0.4) is 0 Å². The molecule has 4 nitrogen and oxygen atoms in total. The van der Waals surface area contributed by atoms with Gasteiger partial charge in [-0.15, -0.1) is 0 Å². The van der Waals surface area contributed by atoms with Crippen LogP contribution >= 0.6 is 7.37 Å². The van der Waals surface area contributed by atoms with Crippen LogP contribution in [0.1, 0.15) is 29.2 Å². The molecule has 0 spiro atoms. The van der Waals surface area contributed by atoms with Crippen molar-refractivity contribution < 1.29 is 9.09 Å². The molecule has 0 aliphatic carbocycles. The molecule has 4 N–H and O–H groups in total. The summed E-state index contributed by atoms with van der Waals surface area (Å²) in [5.74, 6) is 0.630. The summed E-state index contributed by atoms with van der Waals surface area (Å²) in [6, 6.07) is 27.3. The van der Waals surface area contributed by atoms with Crippen molar-refractivity contribution in [2.75, 3.05) is 11.5 Å². The van der Waals surface area contributed by atoms with Gasteiger partial charge in [0.1, 0.15) is 10.9 Å². The number of nitrogens with two attached hydrogens (primary N) is 2. The van der Waals surface area contributed by atoms with Crippen molar-refractivity contribution in [2.24, 2.45) is 0 Å². The second kappa shape index (κ2) is 7.54. The summed E-state index contributed by atoms with van der Waals surface area (Å²) in [7, 11) is -3.55. The lowest BCUT2D eigenvalue weighted by atomic mass is 9.89. The van der Waals surface area contributed by atoms with E-state index in [9.17, 15) is 0 Å². The number of hydrogen-bond acceptors (Lipinski definition) is 4. The van der Waals surface area contributed by atoms with Crippen LogP contribution in [0.25, 0.3) is 11.1 Å². The molecule has 0 aromatic heterocycles. The number of para-hydroxylation sites is 1. The predicted molar refractivity (Wildman–Crippen MR) is 137 cm³/mol. The number of nitrogen functional groups attached to an aromatic ring is 2. The number of aryl methyl sites for hydroxylation is 2. The van der Waals surface area contributed by atoms with Crippen LogP contribution in [0, 0.1) is 13.8 Å². The summed E-state index contributed by atoms with van der Waals surface area (Å²) < 4.78 is 21.9. The van der Waals surface area contributed by atoms with Crippen LogP contribution in [0.4, 0.5) is 11.4 Å². The van der Waals surface area contributed by atoms with Crippen molar-refractivity contribution in [2.45, 2.75) is 25.9 Å². The zero-order chi connectivity index (χ0) is 23.4. The van der Waals surface area contributed by atoms with Gasteiger partial charge in [-0.3, -0.25) is 4.57 Å². The van der Waals surface area contributed by atoms with Gasteiger partial charge in [-0.1, -0.05) is 60.7 Å². The Morgan fingerprint density at radius 2 is 1.33 bits per heavy atom. The van der Waals surface area contributed by atoms with E-state index in [0.717, 1.165) is 44.4 Å². The molecule has 1 heterocycles. The molecular formula is C28H27N2O2P. The third-order valence-corrected chi connectivity index (χ3v) is 10.0. The quantitative estimate of drug-likeness (QED) is 0.278. The van der Waals surface area contributed by atoms with E-state index in [4.69, 9.17) is 16.0 Å². The number of hydrogen-bond donors (Lipinski definition) is 2. The van der Waals surface area contributed by atoms with E-state index in [1.165, 1.54) is 0 Å². The molecule has 33 heavy (non-hydrogen) atoms. The summed E-state index contributed by atoms with van der Waals surface area (Å²) in [5.41, 5.74) is 19.2. The Labute approximate surface area is 194 Å². The molecule has 5 heteroatoms. The second-order valence-corrected chi connectivity index (χ2v) is 11.5.